The number of likely N-dealkylation sites (tertiary alicyclic amines) is 2. The first-order valence-electron chi connectivity index (χ1n) is 9.02. The summed E-state index contributed by atoms with van der Waals surface area (Å²) in [4.78, 5) is 42.4. The first-order valence-corrected chi connectivity index (χ1v) is 9.02. The zero-order valence-corrected chi connectivity index (χ0v) is 14.4. The van der Waals surface area contributed by atoms with E-state index in [1.54, 1.807) is 0 Å². The Morgan fingerprint density at radius 1 is 1.12 bits per heavy atom. The number of nitrogens with zero attached hydrogens (tertiary/aromatic N) is 3. The summed E-state index contributed by atoms with van der Waals surface area (Å²) < 4.78 is 0. The molecule has 24 heavy (non-hydrogen) atoms. The molecule has 3 heterocycles. The summed E-state index contributed by atoms with van der Waals surface area (Å²) in [5, 5.41) is 0. The molecule has 7 heteroatoms. The average molecular weight is 336 g/mol. The highest BCUT2D eigenvalue weighted by Gasteiger charge is 2.40. The van der Waals surface area contributed by atoms with Gasteiger partial charge in [-0.15, -0.1) is 0 Å². The lowest BCUT2D eigenvalue weighted by Gasteiger charge is -2.36. The van der Waals surface area contributed by atoms with Crippen LogP contribution in [0, 0.1) is 11.8 Å². The molecule has 3 saturated heterocycles. The van der Waals surface area contributed by atoms with Crippen molar-refractivity contribution in [2.24, 2.45) is 17.6 Å². The second-order valence-corrected chi connectivity index (χ2v) is 7.51. The predicted molar refractivity (Wildman–Crippen MR) is 88.8 cm³/mol. The quantitative estimate of drug-likeness (QED) is 0.763. The fourth-order valence-corrected chi connectivity index (χ4v) is 4.42. The Morgan fingerprint density at radius 2 is 1.92 bits per heavy atom. The van der Waals surface area contributed by atoms with E-state index in [1.165, 1.54) is 0 Å². The molecule has 3 aliphatic rings. The SMILES string of the molecule is CN1C(=O)[C@@H]2CCC[C@H]1CN(C(=O)C1CCCN(CC(N)=O)C1)C2. The van der Waals surface area contributed by atoms with Gasteiger partial charge in [-0.1, -0.05) is 6.42 Å². The minimum absolute atomic E-state index is 0.0586. The van der Waals surface area contributed by atoms with E-state index < -0.39 is 0 Å². The number of nitrogens with two attached hydrogens (primary N) is 1. The van der Waals surface area contributed by atoms with Gasteiger partial charge in [0.2, 0.25) is 17.7 Å². The highest BCUT2D eigenvalue weighted by Crippen LogP contribution is 2.28. The van der Waals surface area contributed by atoms with Crippen molar-refractivity contribution in [3.63, 3.8) is 0 Å². The van der Waals surface area contributed by atoms with E-state index >= 15 is 0 Å². The van der Waals surface area contributed by atoms with Crippen molar-refractivity contribution in [1.29, 1.82) is 0 Å². The van der Waals surface area contributed by atoms with Crippen LogP contribution in [0.5, 0.6) is 0 Å². The van der Waals surface area contributed by atoms with E-state index in [1.807, 2.05) is 21.7 Å². The Hall–Kier alpha value is -1.63. The largest absolute Gasteiger partial charge is 0.369 e. The summed E-state index contributed by atoms with van der Waals surface area (Å²) in [6, 6.07) is 0.138. The molecule has 3 fully saturated rings. The topological polar surface area (TPSA) is 87.0 Å². The zero-order chi connectivity index (χ0) is 17.3. The molecular weight excluding hydrogens is 308 g/mol. The monoisotopic (exact) mass is 336 g/mol. The predicted octanol–water partition coefficient (Wildman–Crippen LogP) is -0.347. The van der Waals surface area contributed by atoms with Gasteiger partial charge in [-0.2, -0.15) is 0 Å². The molecule has 3 amide bonds. The third kappa shape index (κ3) is 3.55. The van der Waals surface area contributed by atoms with Crippen LogP contribution in [0.2, 0.25) is 0 Å². The molecule has 0 aromatic heterocycles. The van der Waals surface area contributed by atoms with Crippen molar-refractivity contribution in [2.75, 3.05) is 39.8 Å². The molecule has 0 aromatic rings. The van der Waals surface area contributed by atoms with Gasteiger partial charge in [0.05, 0.1) is 18.4 Å². The van der Waals surface area contributed by atoms with Crippen LogP contribution in [0.25, 0.3) is 0 Å². The highest BCUT2D eigenvalue weighted by molar-refractivity contribution is 5.83. The van der Waals surface area contributed by atoms with Gasteiger partial charge in [-0.3, -0.25) is 19.3 Å². The number of carbonyl (C=O) groups excluding carboxylic acids is 3. The lowest BCUT2D eigenvalue weighted by atomic mass is 9.94. The normalized spacial score (nSPS) is 31.7. The molecule has 7 nitrogen and oxygen atoms in total. The average Bonchev–Trinajstić information content (AvgIpc) is 2.72. The molecular formula is C17H28N4O3. The molecule has 0 aliphatic carbocycles. The number of primary amides is 1. The molecule has 1 unspecified atom stereocenters. The molecule has 134 valence electrons. The van der Waals surface area contributed by atoms with Crippen molar-refractivity contribution in [3.8, 4) is 0 Å². The summed E-state index contributed by atoms with van der Waals surface area (Å²) in [5.74, 6) is -0.162. The molecule has 2 bridgehead atoms. The first kappa shape index (κ1) is 17.2. The number of carbonyl (C=O) groups is 3. The van der Waals surface area contributed by atoms with Crippen molar-refractivity contribution in [2.45, 2.75) is 38.1 Å². The third-order valence-corrected chi connectivity index (χ3v) is 5.75. The van der Waals surface area contributed by atoms with Gasteiger partial charge in [-0.25, -0.2) is 0 Å². The minimum Gasteiger partial charge on any atom is -0.369 e. The highest BCUT2D eigenvalue weighted by atomic mass is 16.2. The van der Waals surface area contributed by atoms with Crippen LogP contribution in [0.3, 0.4) is 0 Å². The summed E-state index contributed by atoms with van der Waals surface area (Å²) in [6.07, 6.45) is 4.67. The number of rotatable bonds is 3. The summed E-state index contributed by atoms with van der Waals surface area (Å²) in [6.45, 7) is 2.82. The van der Waals surface area contributed by atoms with Crippen LogP contribution in [-0.2, 0) is 14.4 Å². The maximum atomic E-state index is 13.0. The zero-order valence-electron chi connectivity index (χ0n) is 14.4. The van der Waals surface area contributed by atoms with E-state index in [0.717, 1.165) is 38.6 Å². The van der Waals surface area contributed by atoms with Crippen LogP contribution >= 0.6 is 0 Å². The standard InChI is InChI=1S/C17H28N4O3/c1-19-14-6-2-4-13(16(19)23)9-21(10-14)17(24)12-5-3-7-20(8-12)11-15(18)22/h12-14H,2-11H2,1H3,(H2,18,22)/t12?,13-,14+/m1/s1. The smallest absolute Gasteiger partial charge is 0.231 e. The fraction of sp³-hybridized carbons (Fsp3) is 0.824. The van der Waals surface area contributed by atoms with E-state index in [0.29, 0.717) is 19.6 Å². The Morgan fingerprint density at radius 3 is 2.67 bits per heavy atom. The van der Waals surface area contributed by atoms with E-state index in [-0.39, 0.29) is 42.1 Å². The number of fused-ring (bicyclic) bond motifs is 3. The van der Waals surface area contributed by atoms with Crippen LogP contribution in [0.1, 0.15) is 32.1 Å². The van der Waals surface area contributed by atoms with Crippen LogP contribution in [0.4, 0.5) is 0 Å². The van der Waals surface area contributed by atoms with Gasteiger partial charge in [0.15, 0.2) is 0 Å². The van der Waals surface area contributed by atoms with E-state index in [9.17, 15) is 14.4 Å². The molecule has 0 spiro atoms. The van der Waals surface area contributed by atoms with Gasteiger partial charge in [0.25, 0.3) is 0 Å². The second-order valence-electron chi connectivity index (χ2n) is 7.51. The molecule has 3 atom stereocenters. The number of hydrogen-bond acceptors (Lipinski definition) is 4. The molecule has 0 saturated carbocycles. The third-order valence-electron chi connectivity index (χ3n) is 5.75. The Kier molecular flexibility index (Phi) is 5.08. The number of amides is 3. The van der Waals surface area contributed by atoms with Gasteiger partial charge in [0, 0.05) is 32.7 Å². The van der Waals surface area contributed by atoms with Gasteiger partial charge >= 0.3 is 0 Å². The van der Waals surface area contributed by atoms with Crippen molar-refractivity contribution in [3.05, 3.63) is 0 Å². The Bertz CT molecular complexity index is 524. The van der Waals surface area contributed by atoms with Crippen molar-refractivity contribution < 1.29 is 14.4 Å². The Balaban J connectivity index is 1.68. The van der Waals surface area contributed by atoms with Gasteiger partial charge in [0.1, 0.15) is 0 Å². The lowest BCUT2D eigenvalue weighted by Crippen LogP contribution is -2.49. The second kappa shape index (κ2) is 7.09. The van der Waals surface area contributed by atoms with Crippen LogP contribution in [0.15, 0.2) is 0 Å². The minimum atomic E-state index is -0.348. The van der Waals surface area contributed by atoms with Crippen LogP contribution < -0.4 is 5.73 Å². The van der Waals surface area contributed by atoms with E-state index in [2.05, 4.69) is 0 Å². The number of likely N-dealkylation sites (N-methyl/N-ethyl adjacent to an activating group) is 1. The van der Waals surface area contributed by atoms with Crippen molar-refractivity contribution >= 4 is 17.7 Å². The Labute approximate surface area is 143 Å². The van der Waals surface area contributed by atoms with Gasteiger partial charge < -0.3 is 15.5 Å². The molecule has 3 rings (SSSR count). The van der Waals surface area contributed by atoms with Crippen LogP contribution in [-0.4, -0.2) is 78.2 Å². The summed E-state index contributed by atoms with van der Waals surface area (Å²) >= 11 is 0. The molecule has 0 radical (unpaired) electrons. The molecule has 0 aromatic carbocycles. The maximum Gasteiger partial charge on any atom is 0.231 e. The molecule has 3 aliphatic heterocycles. The first-order chi connectivity index (χ1) is 11.5. The lowest BCUT2D eigenvalue weighted by molar-refractivity contribution is -0.139. The maximum absolute atomic E-state index is 13.0. The molecule has 2 N–H and O–H groups in total. The number of hydrogen-bond donors (Lipinski definition) is 1. The van der Waals surface area contributed by atoms with Gasteiger partial charge in [-0.05, 0) is 32.2 Å². The fourth-order valence-electron chi connectivity index (χ4n) is 4.42. The number of piperidine rings is 1. The summed E-state index contributed by atoms with van der Waals surface area (Å²) in [7, 11) is 1.87. The summed E-state index contributed by atoms with van der Waals surface area (Å²) in [5.41, 5.74) is 5.28. The van der Waals surface area contributed by atoms with Crippen molar-refractivity contribution in [1.82, 2.24) is 14.7 Å². The van der Waals surface area contributed by atoms with E-state index in [4.69, 9.17) is 5.73 Å².